The molecule has 1 atom stereocenters. The van der Waals surface area contributed by atoms with Gasteiger partial charge in [-0.05, 0) is 25.0 Å². The van der Waals surface area contributed by atoms with Gasteiger partial charge in [0.25, 0.3) is 0 Å². The van der Waals surface area contributed by atoms with E-state index in [0.29, 0.717) is 0 Å². The molecule has 1 aromatic heterocycles. The number of nitrogens with one attached hydrogen (secondary N) is 1. The summed E-state index contributed by atoms with van der Waals surface area (Å²) in [6.07, 6.45) is 14.5. The van der Waals surface area contributed by atoms with Crippen LogP contribution in [0.2, 0.25) is 0 Å². The number of fused-ring (bicyclic) bond motifs is 1. The zero-order chi connectivity index (χ0) is 12.7. The van der Waals surface area contributed by atoms with Crippen molar-refractivity contribution in [2.24, 2.45) is 4.40 Å². The molecule has 1 aromatic rings. The minimum Gasteiger partial charge on any atom is -0.341 e. The van der Waals surface area contributed by atoms with Crippen LogP contribution in [0.25, 0.3) is 0 Å². The average molecular weight is 273 g/mol. The van der Waals surface area contributed by atoms with E-state index in [1.165, 1.54) is 17.8 Å². The van der Waals surface area contributed by atoms with E-state index in [9.17, 15) is 0 Å². The van der Waals surface area contributed by atoms with Gasteiger partial charge in [0, 0.05) is 42.4 Å². The van der Waals surface area contributed by atoms with Gasteiger partial charge in [-0.1, -0.05) is 6.08 Å². The number of allylic oxidation sites excluding steroid dienone is 2. The lowest BCUT2D eigenvalue weighted by Gasteiger charge is -2.26. The molecule has 0 aromatic carbocycles. The van der Waals surface area contributed by atoms with Crippen LogP contribution < -0.4 is 0 Å². The third-order valence-corrected chi connectivity index (χ3v) is 5.12. The van der Waals surface area contributed by atoms with Crippen molar-refractivity contribution >= 4 is 21.6 Å². The number of likely N-dealkylation sites (tertiary alicyclic amines) is 1. The van der Waals surface area contributed by atoms with Gasteiger partial charge >= 0.3 is 0 Å². The summed E-state index contributed by atoms with van der Waals surface area (Å²) in [7, 11) is -0.318. The van der Waals surface area contributed by atoms with E-state index in [-0.39, 0.29) is 10.7 Å². The molecule has 6 heteroatoms. The van der Waals surface area contributed by atoms with Gasteiger partial charge in [-0.15, -0.1) is 0 Å². The highest BCUT2D eigenvalue weighted by atomic mass is 32.2. The highest BCUT2D eigenvalue weighted by Crippen LogP contribution is 2.35. The summed E-state index contributed by atoms with van der Waals surface area (Å²) < 4.78 is 4.92. The first-order valence-corrected chi connectivity index (χ1v) is 7.70. The first-order valence-electron chi connectivity index (χ1n) is 6.52. The maximum atomic E-state index is 4.92. The van der Waals surface area contributed by atoms with Gasteiger partial charge in [0.2, 0.25) is 5.96 Å². The molecule has 1 unspecified atom stereocenters. The summed E-state index contributed by atoms with van der Waals surface area (Å²) in [5.41, 5.74) is 0. The Labute approximate surface area is 114 Å². The molecule has 4 heterocycles. The fourth-order valence-corrected chi connectivity index (χ4v) is 4.17. The summed E-state index contributed by atoms with van der Waals surface area (Å²) in [6, 6.07) is 0. The lowest BCUT2D eigenvalue weighted by Crippen LogP contribution is -2.40. The van der Waals surface area contributed by atoms with Gasteiger partial charge in [-0.2, -0.15) is 4.40 Å². The van der Waals surface area contributed by atoms with Gasteiger partial charge in [-0.25, -0.2) is 4.98 Å². The zero-order valence-electron chi connectivity index (χ0n) is 10.5. The second-order valence-electron chi connectivity index (χ2n) is 4.67. The summed E-state index contributed by atoms with van der Waals surface area (Å²) in [5.74, 6) is 1.08. The van der Waals surface area contributed by atoms with Gasteiger partial charge in [0.05, 0.1) is 0 Å². The molecule has 3 aliphatic heterocycles. The second-order valence-corrected chi connectivity index (χ2v) is 6.23. The Morgan fingerprint density at radius 2 is 2.11 bits per heavy atom. The lowest BCUT2D eigenvalue weighted by atomic mass is 10.3. The summed E-state index contributed by atoms with van der Waals surface area (Å²) >= 11 is 0. The van der Waals surface area contributed by atoms with Gasteiger partial charge in [0.15, 0.2) is 5.16 Å². The Balaban J connectivity index is 1.78. The molecular formula is C13H15N5S. The summed E-state index contributed by atoms with van der Waals surface area (Å²) in [6.45, 7) is 2.21. The van der Waals surface area contributed by atoms with Gasteiger partial charge < -0.3 is 9.88 Å². The van der Waals surface area contributed by atoms with E-state index in [0.717, 1.165) is 24.2 Å². The van der Waals surface area contributed by atoms with Crippen LogP contribution in [0.4, 0.5) is 0 Å². The minimum atomic E-state index is -0.318. The van der Waals surface area contributed by atoms with E-state index in [2.05, 4.69) is 44.2 Å². The molecule has 98 valence electrons. The molecule has 0 radical (unpaired) electrons. The minimum absolute atomic E-state index is 0.318. The normalized spacial score (nSPS) is 25.2. The molecule has 0 aliphatic carbocycles. The van der Waals surface area contributed by atoms with Crippen LogP contribution in [-0.4, -0.2) is 43.8 Å². The SMILES string of the molecule is C1=CC2=S(c3ncc[nH]3)N=C(N3CCCC3)N2C=C1. The molecule has 0 amide bonds. The van der Waals surface area contributed by atoms with Crippen molar-refractivity contribution in [2.45, 2.75) is 18.0 Å². The Morgan fingerprint density at radius 1 is 1.21 bits per heavy atom. The van der Waals surface area contributed by atoms with Crippen molar-refractivity contribution in [3.63, 3.8) is 0 Å². The van der Waals surface area contributed by atoms with E-state index in [1.54, 1.807) is 6.20 Å². The van der Waals surface area contributed by atoms with Crippen LogP contribution in [0.1, 0.15) is 12.8 Å². The number of nitrogens with zero attached hydrogens (tertiary/aromatic N) is 4. The molecule has 0 saturated carbocycles. The standard InChI is InChI=1S/C13H15N5S/c1-2-10-18-11(5-1)19(12-14-6-7-15-12)16-13(18)17-8-3-4-9-17/h1-2,5-7,10H,3-4,8-9H2,(H,14,15). The lowest BCUT2D eigenvalue weighted by molar-refractivity contribution is 0.476. The van der Waals surface area contributed by atoms with Crippen molar-refractivity contribution < 1.29 is 0 Å². The fourth-order valence-electron chi connectivity index (χ4n) is 2.55. The van der Waals surface area contributed by atoms with Crippen molar-refractivity contribution in [3.8, 4) is 0 Å². The maximum absolute atomic E-state index is 4.92. The average Bonchev–Trinajstić information content (AvgIpc) is 3.18. The fraction of sp³-hybridized carbons (Fsp3) is 0.308. The number of rotatable bonds is 1. The Kier molecular flexibility index (Phi) is 2.55. The summed E-state index contributed by atoms with van der Waals surface area (Å²) in [4.78, 5) is 13.4. The van der Waals surface area contributed by atoms with Crippen LogP contribution in [-0.2, 0) is 0 Å². The number of hydrogen-bond acceptors (Lipinski definition) is 4. The predicted molar refractivity (Wildman–Crippen MR) is 77.8 cm³/mol. The van der Waals surface area contributed by atoms with Crippen LogP contribution in [0.3, 0.4) is 0 Å². The van der Waals surface area contributed by atoms with Crippen LogP contribution in [0, 0.1) is 0 Å². The molecule has 1 fully saturated rings. The van der Waals surface area contributed by atoms with Crippen LogP contribution in [0.15, 0.2) is 46.4 Å². The Bertz CT molecular complexity index is 605. The topological polar surface area (TPSA) is 47.5 Å². The maximum Gasteiger partial charge on any atom is 0.217 e. The largest absolute Gasteiger partial charge is 0.341 e. The molecule has 0 bridgehead atoms. The molecule has 5 nitrogen and oxygen atoms in total. The Morgan fingerprint density at radius 3 is 2.89 bits per heavy atom. The van der Waals surface area contributed by atoms with Crippen molar-refractivity contribution in [3.05, 3.63) is 36.8 Å². The van der Waals surface area contributed by atoms with E-state index >= 15 is 0 Å². The molecular weight excluding hydrogens is 258 g/mol. The smallest absolute Gasteiger partial charge is 0.217 e. The number of guanidine groups is 1. The first kappa shape index (κ1) is 11.0. The van der Waals surface area contributed by atoms with E-state index in [4.69, 9.17) is 4.40 Å². The molecule has 1 N–H and O–H groups in total. The number of imidazole rings is 1. The van der Waals surface area contributed by atoms with Crippen molar-refractivity contribution in [1.29, 1.82) is 0 Å². The highest BCUT2D eigenvalue weighted by Gasteiger charge is 2.30. The molecule has 4 rings (SSSR count). The number of H-pyrrole nitrogens is 1. The number of aromatic amines is 1. The number of aromatic nitrogens is 2. The molecule has 1 saturated heterocycles. The van der Waals surface area contributed by atoms with Gasteiger partial charge in [0.1, 0.15) is 4.99 Å². The first-order chi connectivity index (χ1) is 9.43. The van der Waals surface area contributed by atoms with Gasteiger partial charge in [-0.3, -0.25) is 4.90 Å². The zero-order valence-corrected chi connectivity index (χ0v) is 11.3. The quantitative estimate of drug-likeness (QED) is 0.795. The molecule has 3 aliphatic rings. The molecule has 0 spiro atoms. The third kappa shape index (κ3) is 1.74. The van der Waals surface area contributed by atoms with E-state index in [1.807, 2.05) is 6.20 Å². The third-order valence-electron chi connectivity index (χ3n) is 3.45. The number of hydrogen-bond donors (Lipinski definition) is 1. The van der Waals surface area contributed by atoms with Crippen molar-refractivity contribution in [2.75, 3.05) is 13.1 Å². The van der Waals surface area contributed by atoms with E-state index < -0.39 is 0 Å². The molecule has 19 heavy (non-hydrogen) atoms. The monoisotopic (exact) mass is 273 g/mol. The summed E-state index contributed by atoms with van der Waals surface area (Å²) in [5, 5.41) is 0.939. The van der Waals surface area contributed by atoms with Crippen LogP contribution in [0.5, 0.6) is 0 Å². The predicted octanol–water partition coefficient (Wildman–Crippen LogP) is 1.93. The highest BCUT2D eigenvalue weighted by molar-refractivity contribution is 8.15. The van der Waals surface area contributed by atoms with Crippen LogP contribution >= 0.6 is 10.7 Å². The van der Waals surface area contributed by atoms with Crippen molar-refractivity contribution in [1.82, 2.24) is 19.8 Å². The second kappa shape index (κ2) is 4.38. The Hall–Kier alpha value is -1.82.